The third-order valence-electron chi connectivity index (χ3n) is 10.0. The van der Waals surface area contributed by atoms with Crippen molar-refractivity contribution in [2.45, 2.75) is 0 Å². The molecule has 0 atom stereocenters. The molecule has 0 aliphatic rings. The Labute approximate surface area is 290 Å². The summed E-state index contributed by atoms with van der Waals surface area (Å²) in [6, 6.07) is 67.5. The van der Waals surface area contributed by atoms with E-state index in [1.807, 2.05) is 12.1 Å². The van der Waals surface area contributed by atoms with Crippen molar-refractivity contribution in [3.8, 4) is 22.3 Å². The van der Waals surface area contributed by atoms with E-state index in [1.54, 1.807) is 0 Å². The summed E-state index contributed by atoms with van der Waals surface area (Å²) in [5.41, 5.74) is 9.77. The summed E-state index contributed by atoms with van der Waals surface area (Å²) >= 11 is 0. The number of hydrogen-bond acceptors (Lipinski definition) is 2. The van der Waals surface area contributed by atoms with Crippen molar-refractivity contribution in [2.24, 2.45) is 0 Å². The minimum atomic E-state index is 0.902. The predicted octanol–water partition coefficient (Wildman–Crippen LogP) is 13.8. The van der Waals surface area contributed by atoms with Crippen LogP contribution in [-0.2, 0) is 0 Å². The van der Waals surface area contributed by atoms with Crippen LogP contribution in [0.5, 0.6) is 0 Å². The van der Waals surface area contributed by atoms with Crippen molar-refractivity contribution >= 4 is 71.3 Å². The van der Waals surface area contributed by atoms with Crippen LogP contribution in [0.2, 0.25) is 0 Å². The van der Waals surface area contributed by atoms with Crippen LogP contribution < -0.4 is 4.90 Å². The number of furan rings is 1. The Kier molecular flexibility index (Phi) is 6.53. The molecule has 0 radical (unpaired) electrons. The summed E-state index contributed by atoms with van der Waals surface area (Å²) in [6.45, 7) is 0. The predicted molar refractivity (Wildman–Crippen MR) is 212 cm³/mol. The van der Waals surface area contributed by atoms with E-state index < -0.39 is 0 Å². The second kappa shape index (κ2) is 11.5. The van der Waals surface area contributed by atoms with Crippen molar-refractivity contribution in [1.82, 2.24) is 0 Å². The van der Waals surface area contributed by atoms with Crippen LogP contribution in [0.3, 0.4) is 0 Å². The fraction of sp³-hybridized carbons (Fsp3) is 0. The molecule has 0 spiro atoms. The summed E-state index contributed by atoms with van der Waals surface area (Å²) in [4.78, 5) is 2.33. The molecular formula is C48H31NO. The first-order chi connectivity index (χ1) is 24.8. The number of para-hydroxylation sites is 2. The third-order valence-corrected chi connectivity index (χ3v) is 10.0. The Morgan fingerprint density at radius 1 is 0.300 bits per heavy atom. The van der Waals surface area contributed by atoms with Crippen LogP contribution in [0.15, 0.2) is 192 Å². The summed E-state index contributed by atoms with van der Waals surface area (Å²) in [5.74, 6) is 0. The van der Waals surface area contributed by atoms with Gasteiger partial charge in [-0.05, 0) is 115 Å². The highest BCUT2D eigenvalue weighted by Crippen LogP contribution is 2.40. The van der Waals surface area contributed by atoms with E-state index in [-0.39, 0.29) is 0 Å². The van der Waals surface area contributed by atoms with Gasteiger partial charge in [-0.1, -0.05) is 127 Å². The number of rotatable bonds is 5. The molecule has 2 nitrogen and oxygen atoms in total. The third kappa shape index (κ3) is 4.73. The van der Waals surface area contributed by atoms with Crippen molar-refractivity contribution in [2.75, 3.05) is 4.90 Å². The second-order valence-electron chi connectivity index (χ2n) is 13.0. The second-order valence-corrected chi connectivity index (χ2v) is 13.0. The molecule has 0 saturated heterocycles. The lowest BCUT2D eigenvalue weighted by molar-refractivity contribution is 0.669. The molecule has 10 rings (SSSR count). The largest absolute Gasteiger partial charge is 0.456 e. The first kappa shape index (κ1) is 28.4. The van der Waals surface area contributed by atoms with Gasteiger partial charge in [-0.15, -0.1) is 0 Å². The quantitative estimate of drug-likeness (QED) is 0.175. The lowest BCUT2D eigenvalue weighted by Gasteiger charge is -2.26. The SMILES string of the molecule is c1ccc(N(c2ccc(-c3ccc4ccc5ccc6ccccc6c5c4c3)cc2)c2cccc(-c3ccc4c(c3)oc3ccccc34)c2)cc1. The molecule has 0 N–H and O–H groups in total. The van der Waals surface area contributed by atoms with Crippen molar-refractivity contribution in [3.63, 3.8) is 0 Å². The smallest absolute Gasteiger partial charge is 0.136 e. The maximum atomic E-state index is 6.23. The van der Waals surface area contributed by atoms with Gasteiger partial charge in [0.1, 0.15) is 11.2 Å². The van der Waals surface area contributed by atoms with Gasteiger partial charge in [0, 0.05) is 27.8 Å². The Balaban J connectivity index is 1.05. The molecule has 0 fully saturated rings. The molecule has 234 valence electrons. The molecule has 0 unspecified atom stereocenters. The monoisotopic (exact) mass is 637 g/mol. The van der Waals surface area contributed by atoms with E-state index in [0.29, 0.717) is 0 Å². The highest BCUT2D eigenvalue weighted by Gasteiger charge is 2.15. The van der Waals surface area contributed by atoms with Gasteiger partial charge in [-0.25, -0.2) is 0 Å². The molecule has 1 heterocycles. The Morgan fingerprint density at radius 2 is 0.880 bits per heavy atom. The molecule has 1 aromatic heterocycles. The molecule has 0 saturated carbocycles. The molecular weight excluding hydrogens is 607 g/mol. The molecule has 0 amide bonds. The molecule has 10 aromatic rings. The van der Waals surface area contributed by atoms with E-state index in [1.165, 1.54) is 43.4 Å². The van der Waals surface area contributed by atoms with E-state index >= 15 is 0 Å². The van der Waals surface area contributed by atoms with Crippen LogP contribution in [0.25, 0.3) is 76.5 Å². The van der Waals surface area contributed by atoms with Gasteiger partial charge < -0.3 is 9.32 Å². The van der Waals surface area contributed by atoms with Crippen LogP contribution >= 0.6 is 0 Å². The number of benzene rings is 9. The van der Waals surface area contributed by atoms with Crippen LogP contribution in [0, 0.1) is 0 Å². The number of hydrogen-bond donors (Lipinski definition) is 0. The summed E-state index contributed by atoms with van der Waals surface area (Å²) < 4.78 is 6.23. The van der Waals surface area contributed by atoms with Crippen molar-refractivity contribution < 1.29 is 4.42 Å². The Bertz CT molecular complexity index is 2860. The normalized spacial score (nSPS) is 11.6. The van der Waals surface area contributed by atoms with Gasteiger partial charge >= 0.3 is 0 Å². The van der Waals surface area contributed by atoms with E-state index in [2.05, 4.69) is 181 Å². The molecule has 0 aliphatic heterocycles. The van der Waals surface area contributed by atoms with E-state index in [4.69, 9.17) is 4.42 Å². The molecule has 50 heavy (non-hydrogen) atoms. The van der Waals surface area contributed by atoms with Crippen LogP contribution in [0.4, 0.5) is 17.1 Å². The zero-order valence-electron chi connectivity index (χ0n) is 27.3. The average Bonchev–Trinajstić information content (AvgIpc) is 3.56. The maximum absolute atomic E-state index is 6.23. The fourth-order valence-electron chi connectivity index (χ4n) is 7.56. The average molecular weight is 638 g/mol. The van der Waals surface area contributed by atoms with Gasteiger partial charge in [0.2, 0.25) is 0 Å². The molecule has 9 aromatic carbocycles. The van der Waals surface area contributed by atoms with Gasteiger partial charge in [-0.3, -0.25) is 0 Å². The molecule has 0 bridgehead atoms. The zero-order chi connectivity index (χ0) is 33.0. The first-order valence-electron chi connectivity index (χ1n) is 17.1. The highest BCUT2D eigenvalue weighted by atomic mass is 16.3. The number of nitrogens with zero attached hydrogens (tertiary/aromatic N) is 1. The van der Waals surface area contributed by atoms with Crippen molar-refractivity contribution in [3.05, 3.63) is 188 Å². The Morgan fingerprint density at radius 3 is 1.74 bits per heavy atom. The van der Waals surface area contributed by atoms with Crippen molar-refractivity contribution in [1.29, 1.82) is 0 Å². The van der Waals surface area contributed by atoms with Gasteiger partial charge in [0.25, 0.3) is 0 Å². The summed E-state index contributed by atoms with van der Waals surface area (Å²) in [6.07, 6.45) is 0. The summed E-state index contributed by atoms with van der Waals surface area (Å²) in [5, 5.41) is 9.96. The minimum Gasteiger partial charge on any atom is -0.456 e. The minimum absolute atomic E-state index is 0.902. The van der Waals surface area contributed by atoms with Gasteiger partial charge in [0.05, 0.1) is 0 Å². The first-order valence-corrected chi connectivity index (χ1v) is 17.1. The number of fused-ring (bicyclic) bond motifs is 8. The van der Waals surface area contributed by atoms with Crippen LogP contribution in [-0.4, -0.2) is 0 Å². The fourth-order valence-corrected chi connectivity index (χ4v) is 7.56. The standard InChI is InChI=1S/C48H31NO/c1-2-11-39(12-3-1)49(41-13-8-10-36(29-41)38-25-28-44-43-15-6-7-16-46(43)50-47(44)31-38)40-26-23-32(24-27-40)37-22-19-34-18-21-35-20-17-33-9-4-5-14-42(33)48(35)45(34)30-37/h1-31H. The van der Waals surface area contributed by atoms with E-state index in [0.717, 1.165) is 50.1 Å². The topological polar surface area (TPSA) is 16.4 Å². The maximum Gasteiger partial charge on any atom is 0.136 e. The summed E-state index contributed by atoms with van der Waals surface area (Å²) in [7, 11) is 0. The highest BCUT2D eigenvalue weighted by molar-refractivity contribution is 6.20. The van der Waals surface area contributed by atoms with Gasteiger partial charge in [0.15, 0.2) is 0 Å². The molecule has 2 heteroatoms. The lowest BCUT2D eigenvalue weighted by atomic mass is 9.94. The van der Waals surface area contributed by atoms with Crippen LogP contribution in [0.1, 0.15) is 0 Å². The van der Waals surface area contributed by atoms with E-state index in [9.17, 15) is 0 Å². The van der Waals surface area contributed by atoms with Gasteiger partial charge in [-0.2, -0.15) is 0 Å². The molecule has 0 aliphatic carbocycles. The lowest BCUT2D eigenvalue weighted by Crippen LogP contribution is -2.09. The zero-order valence-corrected chi connectivity index (χ0v) is 27.3. The Hall–Kier alpha value is -6.64. The number of anilines is 3.